The highest BCUT2D eigenvalue weighted by atomic mass is 15.2. The lowest BCUT2D eigenvalue weighted by molar-refractivity contribution is 0.168. The van der Waals surface area contributed by atoms with Gasteiger partial charge in [0.25, 0.3) is 0 Å². The van der Waals surface area contributed by atoms with E-state index < -0.39 is 0 Å². The number of pyridine rings is 3. The van der Waals surface area contributed by atoms with E-state index in [0.717, 1.165) is 77.5 Å². The highest BCUT2D eigenvalue weighted by molar-refractivity contribution is 5.95. The molecule has 0 aromatic carbocycles. The summed E-state index contributed by atoms with van der Waals surface area (Å²) in [6.07, 6.45) is 5.64. The molecule has 1 aliphatic rings. The Morgan fingerprint density at radius 1 is 1.00 bits per heavy atom. The number of aromatic amines is 1. The first-order valence-corrected chi connectivity index (χ1v) is 10.9. The van der Waals surface area contributed by atoms with Crippen LogP contribution in [0, 0.1) is 18.8 Å². The second-order valence-corrected chi connectivity index (χ2v) is 8.30. The Kier molecular flexibility index (Phi) is 5.68. The van der Waals surface area contributed by atoms with Crippen LogP contribution in [0.4, 0.5) is 0 Å². The Bertz CT molecular complexity index is 1300. The summed E-state index contributed by atoms with van der Waals surface area (Å²) in [6.45, 7) is 7.13. The number of aromatic nitrogens is 4. The van der Waals surface area contributed by atoms with Crippen LogP contribution in [-0.4, -0.2) is 69.5 Å². The molecule has 1 saturated heterocycles. The summed E-state index contributed by atoms with van der Waals surface area (Å²) in [4.78, 5) is 21.9. The molecule has 0 aliphatic carbocycles. The van der Waals surface area contributed by atoms with E-state index in [-0.39, 0.29) is 0 Å². The number of H-pyrrole nitrogens is 1. The van der Waals surface area contributed by atoms with Crippen LogP contribution < -0.4 is 0 Å². The van der Waals surface area contributed by atoms with Crippen LogP contribution in [0.3, 0.4) is 0 Å². The number of fused-ring (bicyclic) bond motifs is 1. The molecule has 32 heavy (non-hydrogen) atoms. The fourth-order valence-electron chi connectivity index (χ4n) is 4.01. The molecule has 1 aliphatic heterocycles. The Balaban J connectivity index is 1.46. The summed E-state index contributed by atoms with van der Waals surface area (Å²) in [5, 5.41) is 1.06. The van der Waals surface area contributed by atoms with E-state index in [1.165, 1.54) is 0 Å². The van der Waals surface area contributed by atoms with Gasteiger partial charge in [-0.2, -0.15) is 0 Å². The predicted molar refractivity (Wildman–Crippen MR) is 128 cm³/mol. The third-order valence-electron chi connectivity index (χ3n) is 5.86. The quantitative estimate of drug-likeness (QED) is 0.511. The number of aryl methyl sites for hydroxylation is 1. The number of hydrogen-bond donors (Lipinski definition) is 1. The third-order valence-corrected chi connectivity index (χ3v) is 5.86. The maximum Gasteiger partial charge on any atom is 0.138 e. The van der Waals surface area contributed by atoms with Crippen molar-refractivity contribution in [2.45, 2.75) is 6.92 Å². The van der Waals surface area contributed by atoms with Crippen molar-refractivity contribution in [2.75, 3.05) is 39.8 Å². The van der Waals surface area contributed by atoms with Gasteiger partial charge in [-0.1, -0.05) is 17.9 Å². The Labute approximate surface area is 188 Å². The van der Waals surface area contributed by atoms with Crippen molar-refractivity contribution in [3.05, 3.63) is 66.2 Å². The van der Waals surface area contributed by atoms with Gasteiger partial charge >= 0.3 is 0 Å². The monoisotopic (exact) mass is 422 g/mol. The molecule has 4 aromatic heterocycles. The molecule has 1 fully saturated rings. The minimum Gasteiger partial charge on any atom is -0.346 e. The molecule has 6 nitrogen and oxygen atoms in total. The summed E-state index contributed by atoms with van der Waals surface area (Å²) in [6, 6.07) is 12.3. The number of likely N-dealkylation sites (N-methyl/N-ethyl adjacent to an activating group) is 1. The van der Waals surface area contributed by atoms with Crippen molar-refractivity contribution in [3.63, 3.8) is 0 Å². The minimum absolute atomic E-state index is 0.790. The van der Waals surface area contributed by atoms with E-state index in [2.05, 4.69) is 61.8 Å². The second-order valence-electron chi connectivity index (χ2n) is 8.30. The molecule has 1 N–H and O–H groups in total. The number of rotatable bonds is 3. The fourth-order valence-corrected chi connectivity index (χ4v) is 4.01. The molecular weight excluding hydrogens is 396 g/mol. The van der Waals surface area contributed by atoms with Crippen LogP contribution in [0.2, 0.25) is 0 Å². The fraction of sp³-hybridized carbons (Fsp3) is 0.269. The minimum atomic E-state index is 0.790. The van der Waals surface area contributed by atoms with Gasteiger partial charge in [0, 0.05) is 67.0 Å². The van der Waals surface area contributed by atoms with E-state index in [0.29, 0.717) is 0 Å². The van der Waals surface area contributed by atoms with E-state index in [9.17, 15) is 0 Å². The number of nitrogens with zero attached hydrogens (tertiary/aromatic N) is 5. The zero-order valence-electron chi connectivity index (χ0n) is 18.5. The van der Waals surface area contributed by atoms with Crippen LogP contribution in [-0.2, 0) is 0 Å². The first-order chi connectivity index (χ1) is 15.7. The zero-order chi connectivity index (χ0) is 21.9. The lowest BCUT2D eigenvalue weighted by atomic mass is 10.0. The van der Waals surface area contributed by atoms with Gasteiger partial charge in [-0.3, -0.25) is 14.9 Å². The second kappa shape index (κ2) is 8.91. The Morgan fingerprint density at radius 3 is 2.72 bits per heavy atom. The molecule has 0 unspecified atom stereocenters. The molecule has 0 spiro atoms. The van der Waals surface area contributed by atoms with E-state index in [1.54, 1.807) is 0 Å². The molecule has 0 radical (unpaired) electrons. The van der Waals surface area contributed by atoms with Gasteiger partial charge in [-0.25, -0.2) is 4.98 Å². The highest BCUT2D eigenvalue weighted by Gasteiger charge is 2.13. The van der Waals surface area contributed by atoms with Gasteiger partial charge in [0.2, 0.25) is 0 Å². The molecule has 0 atom stereocenters. The summed E-state index contributed by atoms with van der Waals surface area (Å²) in [7, 11) is 2.17. The number of hydrogen-bond acceptors (Lipinski definition) is 5. The van der Waals surface area contributed by atoms with E-state index in [4.69, 9.17) is 4.98 Å². The zero-order valence-corrected chi connectivity index (χ0v) is 18.5. The van der Waals surface area contributed by atoms with Gasteiger partial charge in [0.15, 0.2) is 0 Å². The summed E-state index contributed by atoms with van der Waals surface area (Å²) in [5.74, 6) is 6.63. The first kappa shape index (κ1) is 20.4. The standard InChI is InChI=1S/C26H26N6/c1-19-5-3-7-24(29-19)25-16-23(22-8-9-28-26(22)30-25)21-15-20(17-27-18-21)6-4-10-32-13-11-31(2)12-14-32/h3,5,7-9,15-18H,10-14H2,1-2H3,(H,28,30). The lowest BCUT2D eigenvalue weighted by Gasteiger charge is -2.30. The van der Waals surface area contributed by atoms with Gasteiger partial charge < -0.3 is 9.88 Å². The molecule has 0 saturated carbocycles. The summed E-state index contributed by atoms with van der Waals surface area (Å²) < 4.78 is 0. The van der Waals surface area contributed by atoms with Crippen molar-refractivity contribution in [3.8, 4) is 34.4 Å². The highest BCUT2D eigenvalue weighted by Crippen LogP contribution is 2.31. The average molecular weight is 423 g/mol. The average Bonchev–Trinajstić information content (AvgIpc) is 3.29. The Morgan fingerprint density at radius 2 is 1.88 bits per heavy atom. The maximum atomic E-state index is 4.79. The summed E-state index contributed by atoms with van der Waals surface area (Å²) >= 11 is 0. The lowest BCUT2D eigenvalue weighted by Crippen LogP contribution is -2.44. The van der Waals surface area contributed by atoms with Crippen LogP contribution in [0.1, 0.15) is 11.3 Å². The topological polar surface area (TPSA) is 60.9 Å². The molecule has 4 aromatic rings. The largest absolute Gasteiger partial charge is 0.346 e. The molecule has 5 rings (SSSR count). The van der Waals surface area contributed by atoms with Crippen LogP contribution >= 0.6 is 0 Å². The van der Waals surface area contributed by atoms with Crippen LogP contribution in [0.25, 0.3) is 33.5 Å². The van der Waals surface area contributed by atoms with Crippen LogP contribution in [0.5, 0.6) is 0 Å². The van der Waals surface area contributed by atoms with Gasteiger partial charge in [-0.15, -0.1) is 0 Å². The summed E-state index contributed by atoms with van der Waals surface area (Å²) in [5.41, 5.74) is 6.53. The van der Waals surface area contributed by atoms with Crippen molar-refractivity contribution in [1.29, 1.82) is 0 Å². The number of nitrogens with one attached hydrogen (secondary N) is 1. The SMILES string of the molecule is Cc1cccc(-c2cc(-c3cncc(C#CCN4CCN(C)CC4)c3)c3cc[nH]c3n2)n1. The molecular formula is C26H26N6. The molecule has 0 bridgehead atoms. The van der Waals surface area contributed by atoms with E-state index >= 15 is 0 Å². The van der Waals surface area contributed by atoms with Gasteiger partial charge in [-0.05, 0) is 49.9 Å². The van der Waals surface area contributed by atoms with Crippen LogP contribution in [0.15, 0.2) is 55.0 Å². The third kappa shape index (κ3) is 4.40. The van der Waals surface area contributed by atoms with Crippen molar-refractivity contribution >= 4 is 11.0 Å². The van der Waals surface area contributed by atoms with Crippen molar-refractivity contribution in [2.24, 2.45) is 0 Å². The molecule has 5 heterocycles. The van der Waals surface area contributed by atoms with E-state index in [1.807, 2.05) is 43.7 Å². The van der Waals surface area contributed by atoms with Gasteiger partial charge in [0.05, 0.1) is 17.9 Å². The molecule has 0 amide bonds. The van der Waals surface area contributed by atoms with Crippen molar-refractivity contribution in [1.82, 2.24) is 29.7 Å². The Hall–Kier alpha value is -3.53. The smallest absolute Gasteiger partial charge is 0.138 e. The number of piperazine rings is 1. The van der Waals surface area contributed by atoms with Crippen molar-refractivity contribution < 1.29 is 0 Å². The maximum absolute atomic E-state index is 4.79. The predicted octanol–water partition coefficient (Wildman–Crippen LogP) is 3.59. The molecule has 160 valence electrons. The van der Waals surface area contributed by atoms with Gasteiger partial charge in [0.1, 0.15) is 5.65 Å². The first-order valence-electron chi connectivity index (χ1n) is 10.9. The molecule has 6 heteroatoms. The normalized spacial score (nSPS) is 14.9.